The molecule has 3 rings (SSSR count). The zero-order valence-corrected chi connectivity index (χ0v) is 12.1. The van der Waals surface area contributed by atoms with Crippen LogP contribution in [0.5, 0.6) is 0 Å². The van der Waals surface area contributed by atoms with E-state index in [4.69, 9.17) is 9.47 Å². The molecule has 0 spiro atoms. The zero-order valence-electron chi connectivity index (χ0n) is 12.1. The van der Waals surface area contributed by atoms with Crippen LogP contribution in [0, 0.1) is 0 Å². The first kappa shape index (κ1) is 14.1. The van der Waals surface area contributed by atoms with Crippen LogP contribution < -0.4 is 4.90 Å². The van der Waals surface area contributed by atoms with Gasteiger partial charge in [0.05, 0.1) is 18.8 Å². The molecule has 1 aliphatic heterocycles. The molecule has 112 valence electrons. The first-order chi connectivity index (χ1) is 10.2. The second kappa shape index (κ2) is 5.85. The Kier molecular flexibility index (Phi) is 3.92. The van der Waals surface area contributed by atoms with Crippen LogP contribution in [0.15, 0.2) is 24.3 Å². The van der Waals surface area contributed by atoms with E-state index in [1.165, 1.54) is 13.5 Å². The number of nitrogens with zero attached hydrogens (tertiary/aromatic N) is 1. The average molecular weight is 289 g/mol. The number of esters is 1. The Labute approximate surface area is 123 Å². The number of ether oxygens (including phenoxy) is 2. The molecular formula is C16H19NO4. The highest BCUT2D eigenvalue weighted by Gasteiger charge is 2.36. The Morgan fingerprint density at radius 1 is 1.29 bits per heavy atom. The molecule has 1 unspecified atom stereocenters. The van der Waals surface area contributed by atoms with Gasteiger partial charge in [-0.05, 0) is 37.5 Å². The van der Waals surface area contributed by atoms with Gasteiger partial charge in [-0.25, -0.2) is 4.79 Å². The molecular weight excluding hydrogens is 270 g/mol. The largest absolute Gasteiger partial charge is 0.465 e. The second-order valence-corrected chi connectivity index (χ2v) is 5.50. The predicted octanol–water partition coefficient (Wildman–Crippen LogP) is 2.15. The van der Waals surface area contributed by atoms with Gasteiger partial charge in [-0.15, -0.1) is 0 Å². The van der Waals surface area contributed by atoms with E-state index in [9.17, 15) is 9.59 Å². The molecule has 1 heterocycles. The number of carbonyl (C=O) groups is 2. The van der Waals surface area contributed by atoms with Crippen molar-refractivity contribution < 1.29 is 19.1 Å². The minimum Gasteiger partial charge on any atom is -0.465 e. The fourth-order valence-corrected chi connectivity index (χ4v) is 2.69. The maximum atomic E-state index is 12.4. The van der Waals surface area contributed by atoms with Gasteiger partial charge in [0.25, 0.3) is 5.91 Å². The van der Waals surface area contributed by atoms with Crippen LogP contribution in [0.25, 0.3) is 0 Å². The quantitative estimate of drug-likeness (QED) is 0.797. The fraction of sp³-hybridized carbons (Fsp3) is 0.500. The summed E-state index contributed by atoms with van der Waals surface area (Å²) >= 11 is 0. The Morgan fingerprint density at radius 2 is 2.10 bits per heavy atom. The molecule has 5 heteroatoms. The zero-order chi connectivity index (χ0) is 14.8. The number of rotatable bonds is 4. The van der Waals surface area contributed by atoms with Crippen molar-refractivity contribution in [3.63, 3.8) is 0 Å². The summed E-state index contributed by atoms with van der Waals surface area (Å²) in [6.07, 6.45) is 3.93. The number of hydrogen-bond donors (Lipinski definition) is 0. The van der Waals surface area contributed by atoms with Gasteiger partial charge in [-0.2, -0.15) is 0 Å². The van der Waals surface area contributed by atoms with Gasteiger partial charge in [-0.3, -0.25) is 4.79 Å². The lowest BCUT2D eigenvalue weighted by molar-refractivity contribution is -0.133. The van der Waals surface area contributed by atoms with Crippen molar-refractivity contribution in [1.29, 1.82) is 0 Å². The Balaban J connectivity index is 1.72. The highest BCUT2D eigenvalue weighted by molar-refractivity contribution is 6.00. The van der Waals surface area contributed by atoms with E-state index in [0.717, 1.165) is 18.5 Å². The van der Waals surface area contributed by atoms with Crippen molar-refractivity contribution in [1.82, 2.24) is 0 Å². The number of benzene rings is 1. The average Bonchev–Trinajstić information content (AvgIpc) is 2.83. The van der Waals surface area contributed by atoms with Crippen LogP contribution in [0.2, 0.25) is 0 Å². The summed E-state index contributed by atoms with van der Waals surface area (Å²) in [5.41, 5.74) is 1.17. The monoisotopic (exact) mass is 289 g/mol. The van der Waals surface area contributed by atoms with Crippen molar-refractivity contribution in [2.45, 2.75) is 37.9 Å². The highest BCUT2D eigenvalue weighted by atomic mass is 16.5. The third-order valence-electron chi connectivity index (χ3n) is 4.14. The SMILES string of the molecule is COC(=O)c1cccc(N2CCC(OC3CCC3)C2=O)c1. The maximum absolute atomic E-state index is 12.4. The van der Waals surface area contributed by atoms with Crippen LogP contribution in [-0.2, 0) is 14.3 Å². The lowest BCUT2D eigenvalue weighted by Gasteiger charge is -2.28. The van der Waals surface area contributed by atoms with Crippen LogP contribution in [-0.4, -0.2) is 37.7 Å². The highest BCUT2D eigenvalue weighted by Crippen LogP contribution is 2.29. The van der Waals surface area contributed by atoms with E-state index in [2.05, 4.69) is 0 Å². The number of methoxy groups -OCH3 is 1. The van der Waals surface area contributed by atoms with Crippen molar-refractivity contribution in [3.8, 4) is 0 Å². The number of carbonyl (C=O) groups excluding carboxylic acids is 2. The Hall–Kier alpha value is -1.88. The lowest BCUT2D eigenvalue weighted by atomic mass is 9.96. The van der Waals surface area contributed by atoms with E-state index >= 15 is 0 Å². The molecule has 1 amide bonds. The van der Waals surface area contributed by atoms with Crippen LogP contribution in [0.1, 0.15) is 36.0 Å². The van der Waals surface area contributed by atoms with Gasteiger partial charge in [0.1, 0.15) is 6.10 Å². The molecule has 1 aromatic carbocycles. The maximum Gasteiger partial charge on any atom is 0.337 e. The smallest absolute Gasteiger partial charge is 0.337 e. The lowest BCUT2D eigenvalue weighted by Crippen LogP contribution is -2.35. The molecule has 1 atom stereocenters. The van der Waals surface area contributed by atoms with Crippen molar-refractivity contribution in [2.24, 2.45) is 0 Å². The summed E-state index contributed by atoms with van der Waals surface area (Å²) in [6.45, 7) is 0.626. The molecule has 2 aliphatic rings. The second-order valence-electron chi connectivity index (χ2n) is 5.50. The summed E-state index contributed by atoms with van der Waals surface area (Å²) < 4.78 is 10.5. The number of anilines is 1. The van der Waals surface area contributed by atoms with Crippen molar-refractivity contribution >= 4 is 17.6 Å². The first-order valence-corrected chi connectivity index (χ1v) is 7.34. The van der Waals surface area contributed by atoms with Crippen molar-refractivity contribution in [3.05, 3.63) is 29.8 Å². The summed E-state index contributed by atoms with van der Waals surface area (Å²) in [7, 11) is 1.35. The van der Waals surface area contributed by atoms with Gasteiger partial charge in [0, 0.05) is 18.7 Å². The summed E-state index contributed by atoms with van der Waals surface area (Å²) in [5, 5.41) is 0. The van der Waals surface area contributed by atoms with Crippen molar-refractivity contribution in [2.75, 3.05) is 18.6 Å². The summed E-state index contributed by atoms with van der Waals surface area (Å²) in [6, 6.07) is 6.96. The topological polar surface area (TPSA) is 55.8 Å². The number of hydrogen-bond acceptors (Lipinski definition) is 4. The van der Waals surface area contributed by atoms with Gasteiger partial charge in [-0.1, -0.05) is 6.07 Å². The molecule has 1 aliphatic carbocycles. The Bertz CT molecular complexity index is 553. The van der Waals surface area contributed by atoms with Gasteiger partial charge >= 0.3 is 5.97 Å². The fourth-order valence-electron chi connectivity index (χ4n) is 2.69. The van der Waals surface area contributed by atoms with Crippen LogP contribution in [0.4, 0.5) is 5.69 Å². The summed E-state index contributed by atoms with van der Waals surface area (Å²) in [5.74, 6) is -0.408. The molecule has 0 N–H and O–H groups in total. The third-order valence-corrected chi connectivity index (χ3v) is 4.14. The Morgan fingerprint density at radius 3 is 2.76 bits per heavy atom. The number of amides is 1. The molecule has 1 saturated carbocycles. The van der Waals surface area contributed by atoms with Gasteiger partial charge < -0.3 is 14.4 Å². The van der Waals surface area contributed by atoms with E-state index < -0.39 is 5.97 Å². The minimum absolute atomic E-state index is 0.0103. The van der Waals surface area contributed by atoms with E-state index in [1.807, 2.05) is 6.07 Å². The van der Waals surface area contributed by atoms with Gasteiger partial charge in [0.15, 0.2) is 0 Å². The van der Waals surface area contributed by atoms with Gasteiger partial charge in [0.2, 0.25) is 0 Å². The van der Waals surface area contributed by atoms with E-state index in [1.54, 1.807) is 23.1 Å². The molecule has 0 radical (unpaired) electrons. The van der Waals surface area contributed by atoms with E-state index in [0.29, 0.717) is 18.5 Å². The predicted molar refractivity (Wildman–Crippen MR) is 77.3 cm³/mol. The van der Waals surface area contributed by atoms with Crippen LogP contribution in [0.3, 0.4) is 0 Å². The first-order valence-electron chi connectivity index (χ1n) is 7.34. The molecule has 1 saturated heterocycles. The van der Waals surface area contributed by atoms with Crippen LogP contribution >= 0.6 is 0 Å². The molecule has 0 bridgehead atoms. The third kappa shape index (κ3) is 2.78. The molecule has 0 aromatic heterocycles. The van der Waals surface area contributed by atoms with E-state index in [-0.39, 0.29) is 18.1 Å². The normalized spacial score (nSPS) is 22.2. The molecule has 21 heavy (non-hydrogen) atoms. The molecule has 2 fully saturated rings. The minimum atomic E-state index is -0.397. The molecule has 1 aromatic rings. The summed E-state index contributed by atoms with van der Waals surface area (Å²) in [4.78, 5) is 25.7. The molecule has 5 nitrogen and oxygen atoms in total. The standard InChI is InChI=1S/C16H19NO4/c1-20-16(19)11-4-2-5-12(10-11)17-9-8-14(15(17)18)21-13-6-3-7-13/h2,4-5,10,13-14H,3,6-9H2,1H3.